The summed E-state index contributed by atoms with van der Waals surface area (Å²) < 4.78 is 12.5. The van der Waals surface area contributed by atoms with Crippen molar-refractivity contribution in [3.05, 3.63) is 83.4 Å². The predicted octanol–water partition coefficient (Wildman–Crippen LogP) is 5.24. The molecule has 0 aliphatic carbocycles. The Balaban J connectivity index is 1.49. The van der Waals surface area contributed by atoms with Crippen molar-refractivity contribution in [2.24, 2.45) is 5.10 Å². The van der Waals surface area contributed by atoms with Crippen LogP contribution in [0, 0.1) is 0 Å². The van der Waals surface area contributed by atoms with E-state index in [9.17, 15) is 4.79 Å². The Labute approximate surface area is 218 Å². The van der Waals surface area contributed by atoms with Gasteiger partial charge in [-0.1, -0.05) is 53.7 Å². The highest BCUT2D eigenvalue weighted by atomic mass is 35.5. The Morgan fingerprint density at radius 3 is 2.42 bits per heavy atom. The second-order valence-electron chi connectivity index (χ2n) is 7.57. The van der Waals surface area contributed by atoms with Crippen LogP contribution in [0.4, 0.5) is 0 Å². The summed E-state index contributed by atoms with van der Waals surface area (Å²) in [6, 6.07) is 22.6. The van der Waals surface area contributed by atoms with Crippen molar-refractivity contribution in [2.75, 3.05) is 20.0 Å². The first-order valence-corrected chi connectivity index (χ1v) is 12.3. The highest BCUT2D eigenvalue weighted by molar-refractivity contribution is 7.99. The minimum Gasteiger partial charge on any atom is -0.493 e. The molecule has 0 fully saturated rings. The van der Waals surface area contributed by atoms with Crippen molar-refractivity contribution in [3.63, 3.8) is 0 Å². The molecule has 0 bridgehead atoms. The normalized spacial score (nSPS) is 11.3. The number of ether oxygens (including phenoxy) is 2. The zero-order chi connectivity index (χ0) is 25.5. The van der Waals surface area contributed by atoms with Gasteiger partial charge in [0.25, 0.3) is 5.91 Å². The van der Waals surface area contributed by atoms with Gasteiger partial charge >= 0.3 is 0 Å². The minimum absolute atomic E-state index is 0.100. The quantitative estimate of drug-likeness (QED) is 0.184. The van der Waals surface area contributed by atoms with Gasteiger partial charge in [-0.2, -0.15) is 5.10 Å². The first kappa shape index (κ1) is 25.3. The molecule has 184 valence electrons. The van der Waals surface area contributed by atoms with Gasteiger partial charge in [0.2, 0.25) is 0 Å². The molecule has 1 amide bonds. The molecule has 1 N–H and O–H groups in total. The number of hydrazone groups is 1. The summed E-state index contributed by atoms with van der Waals surface area (Å²) in [5.74, 6) is 1.70. The molecule has 0 aliphatic heterocycles. The van der Waals surface area contributed by atoms with E-state index in [1.807, 2.05) is 53.1 Å². The maximum absolute atomic E-state index is 12.6. The lowest BCUT2D eigenvalue weighted by atomic mass is 10.1. The molecular formula is C26H24ClN5O3S. The van der Waals surface area contributed by atoms with Gasteiger partial charge in [-0.05, 0) is 49.4 Å². The van der Waals surface area contributed by atoms with Crippen LogP contribution in [-0.2, 0) is 4.79 Å². The molecule has 8 nitrogen and oxygen atoms in total. The van der Waals surface area contributed by atoms with E-state index in [-0.39, 0.29) is 11.7 Å². The van der Waals surface area contributed by atoms with Crippen molar-refractivity contribution in [3.8, 4) is 28.6 Å². The summed E-state index contributed by atoms with van der Waals surface area (Å²) in [6.07, 6.45) is 0. The fraction of sp³-hybridized carbons (Fsp3) is 0.154. The van der Waals surface area contributed by atoms with E-state index < -0.39 is 0 Å². The molecule has 3 aromatic carbocycles. The number of carbonyl (C=O) groups is 1. The summed E-state index contributed by atoms with van der Waals surface area (Å²) in [5.41, 5.74) is 5.78. The molecule has 0 atom stereocenters. The SMILES string of the molecule is COc1ccc(/C(C)=N/NC(=O)CSc2nnc(-c3ccccc3)n2-c2ccc(Cl)cc2)cc1OC. The van der Waals surface area contributed by atoms with E-state index in [0.29, 0.717) is 33.2 Å². The highest BCUT2D eigenvalue weighted by Gasteiger charge is 2.17. The van der Waals surface area contributed by atoms with Gasteiger partial charge in [0, 0.05) is 21.8 Å². The monoisotopic (exact) mass is 521 g/mol. The number of rotatable bonds is 9. The number of nitrogens with zero attached hydrogens (tertiary/aromatic N) is 4. The highest BCUT2D eigenvalue weighted by Crippen LogP contribution is 2.29. The zero-order valence-electron chi connectivity index (χ0n) is 19.9. The molecule has 0 aliphatic rings. The number of carbonyl (C=O) groups excluding carboxylic acids is 1. The lowest BCUT2D eigenvalue weighted by Gasteiger charge is -2.11. The number of aromatic nitrogens is 3. The van der Waals surface area contributed by atoms with Gasteiger partial charge < -0.3 is 9.47 Å². The second kappa shape index (κ2) is 11.7. The summed E-state index contributed by atoms with van der Waals surface area (Å²) in [7, 11) is 3.14. The number of hydrogen-bond acceptors (Lipinski definition) is 7. The first-order valence-electron chi connectivity index (χ1n) is 10.9. The van der Waals surface area contributed by atoms with E-state index in [1.54, 1.807) is 45.4 Å². The molecule has 0 unspecified atom stereocenters. The third-order valence-corrected chi connectivity index (χ3v) is 6.41. The maximum atomic E-state index is 12.6. The number of thioether (sulfide) groups is 1. The molecular weight excluding hydrogens is 498 g/mol. The molecule has 36 heavy (non-hydrogen) atoms. The number of hydrogen-bond donors (Lipinski definition) is 1. The average molecular weight is 522 g/mol. The van der Waals surface area contributed by atoms with Gasteiger partial charge in [0.15, 0.2) is 22.5 Å². The third kappa shape index (κ3) is 5.87. The number of benzene rings is 3. The van der Waals surface area contributed by atoms with E-state index >= 15 is 0 Å². The molecule has 1 heterocycles. The summed E-state index contributed by atoms with van der Waals surface area (Å²) in [6.45, 7) is 1.80. The Bertz CT molecular complexity index is 1370. The van der Waals surface area contributed by atoms with Crippen LogP contribution in [0.1, 0.15) is 12.5 Å². The van der Waals surface area contributed by atoms with Gasteiger partial charge in [0.05, 0.1) is 25.7 Å². The fourth-order valence-electron chi connectivity index (χ4n) is 3.39. The van der Waals surface area contributed by atoms with Crippen LogP contribution in [0.5, 0.6) is 11.5 Å². The topological polar surface area (TPSA) is 90.6 Å². The van der Waals surface area contributed by atoms with Crippen LogP contribution in [0.25, 0.3) is 17.1 Å². The molecule has 1 aromatic heterocycles. The maximum Gasteiger partial charge on any atom is 0.250 e. The minimum atomic E-state index is -0.272. The Kier molecular flexibility index (Phi) is 8.24. The zero-order valence-corrected chi connectivity index (χ0v) is 21.5. The smallest absolute Gasteiger partial charge is 0.250 e. The van der Waals surface area contributed by atoms with Crippen molar-refractivity contribution < 1.29 is 14.3 Å². The number of nitrogens with one attached hydrogen (secondary N) is 1. The van der Waals surface area contributed by atoms with E-state index in [2.05, 4.69) is 20.7 Å². The summed E-state index contributed by atoms with van der Waals surface area (Å²) in [4.78, 5) is 12.6. The molecule has 0 saturated carbocycles. The lowest BCUT2D eigenvalue weighted by molar-refractivity contribution is -0.118. The average Bonchev–Trinajstić information content (AvgIpc) is 3.35. The Hall–Kier alpha value is -3.82. The van der Waals surface area contributed by atoms with E-state index in [4.69, 9.17) is 21.1 Å². The van der Waals surface area contributed by atoms with Crippen LogP contribution in [-0.4, -0.2) is 46.4 Å². The first-order chi connectivity index (χ1) is 17.5. The molecule has 4 aromatic rings. The van der Waals surface area contributed by atoms with Gasteiger partial charge in [-0.15, -0.1) is 10.2 Å². The lowest BCUT2D eigenvalue weighted by Crippen LogP contribution is -2.21. The molecule has 10 heteroatoms. The van der Waals surface area contributed by atoms with Crippen molar-refractivity contribution in [1.82, 2.24) is 20.2 Å². The Morgan fingerprint density at radius 2 is 1.72 bits per heavy atom. The van der Waals surface area contributed by atoms with Crippen molar-refractivity contribution in [1.29, 1.82) is 0 Å². The van der Waals surface area contributed by atoms with Gasteiger partial charge in [-0.3, -0.25) is 9.36 Å². The summed E-state index contributed by atoms with van der Waals surface area (Å²) in [5, 5.41) is 14.2. The van der Waals surface area contributed by atoms with Gasteiger partial charge in [-0.25, -0.2) is 5.43 Å². The van der Waals surface area contributed by atoms with Gasteiger partial charge in [0.1, 0.15) is 0 Å². The van der Waals surface area contributed by atoms with Crippen molar-refractivity contribution >= 4 is 35.0 Å². The van der Waals surface area contributed by atoms with Crippen LogP contribution < -0.4 is 14.9 Å². The number of amides is 1. The van der Waals surface area contributed by atoms with E-state index in [0.717, 1.165) is 16.8 Å². The van der Waals surface area contributed by atoms with Crippen LogP contribution in [0.15, 0.2) is 83.1 Å². The standard InChI is InChI=1S/C26H24ClN5O3S/c1-17(19-9-14-22(34-2)23(15-19)35-3)28-29-24(33)16-36-26-31-30-25(18-7-5-4-6-8-18)32(26)21-12-10-20(27)11-13-21/h4-15H,16H2,1-3H3,(H,29,33)/b28-17+. The largest absolute Gasteiger partial charge is 0.493 e. The number of methoxy groups -OCH3 is 2. The fourth-order valence-corrected chi connectivity index (χ4v) is 4.27. The van der Waals surface area contributed by atoms with Crippen molar-refractivity contribution in [2.45, 2.75) is 12.1 Å². The Morgan fingerprint density at radius 1 is 1.00 bits per heavy atom. The molecule has 0 spiro atoms. The molecule has 0 saturated heterocycles. The number of halogens is 1. The third-order valence-electron chi connectivity index (χ3n) is 5.23. The van der Waals surface area contributed by atoms with Crippen LogP contribution >= 0.6 is 23.4 Å². The van der Waals surface area contributed by atoms with E-state index in [1.165, 1.54) is 11.8 Å². The summed E-state index contributed by atoms with van der Waals surface area (Å²) >= 11 is 7.35. The second-order valence-corrected chi connectivity index (χ2v) is 8.95. The molecule has 4 rings (SSSR count). The van der Waals surface area contributed by atoms with Crippen LogP contribution in [0.2, 0.25) is 5.02 Å². The van der Waals surface area contributed by atoms with Crippen LogP contribution in [0.3, 0.4) is 0 Å². The molecule has 0 radical (unpaired) electrons. The predicted molar refractivity (Wildman–Crippen MR) is 142 cm³/mol.